The quantitative estimate of drug-likeness (QED) is 0.637. The van der Waals surface area contributed by atoms with Crippen molar-refractivity contribution in [3.05, 3.63) is 23.8 Å². The molecule has 166 valence electrons. The van der Waals surface area contributed by atoms with E-state index in [4.69, 9.17) is 33.2 Å². The molecule has 8 nitrogen and oxygen atoms in total. The second-order valence-electron chi connectivity index (χ2n) is 7.53. The fraction of sp³-hybridized carbons (Fsp3) is 0.435. The van der Waals surface area contributed by atoms with Gasteiger partial charge >= 0.3 is 5.97 Å². The van der Waals surface area contributed by atoms with Crippen LogP contribution in [0.5, 0.6) is 34.5 Å². The summed E-state index contributed by atoms with van der Waals surface area (Å²) in [6, 6.07) is 5.52. The van der Waals surface area contributed by atoms with E-state index in [1.807, 2.05) is 32.0 Å². The normalized spacial score (nSPS) is 21.6. The van der Waals surface area contributed by atoms with Crippen LogP contribution in [-0.4, -0.2) is 41.2 Å². The van der Waals surface area contributed by atoms with Gasteiger partial charge in [0, 0.05) is 17.0 Å². The first-order valence-electron chi connectivity index (χ1n) is 9.96. The summed E-state index contributed by atoms with van der Waals surface area (Å²) in [6.07, 6.45) is -0.472. The molecule has 0 N–H and O–H groups in total. The third-order valence-corrected chi connectivity index (χ3v) is 6.00. The Balaban J connectivity index is 2.01. The standard InChI is InChI=1S/C23H26O8/c1-11-12(2)23(24)31-19(11)14-9-17-21(30-10-29-17)22(28-6)18(14)13-7-15(25-3)20(27-5)16(8-13)26-4/h7-9,11-12,19H,10H2,1-6H3/t11-,12-,19+/m1/s1. The lowest BCUT2D eigenvalue weighted by atomic mass is 9.85. The van der Waals surface area contributed by atoms with Gasteiger partial charge in [0.1, 0.15) is 6.10 Å². The molecular weight excluding hydrogens is 404 g/mol. The van der Waals surface area contributed by atoms with Gasteiger partial charge in [-0.15, -0.1) is 0 Å². The Kier molecular flexibility index (Phi) is 5.47. The van der Waals surface area contributed by atoms with Gasteiger partial charge in [-0.3, -0.25) is 4.79 Å². The Hall–Kier alpha value is -3.29. The predicted octanol–water partition coefficient (Wildman–Crippen LogP) is 3.99. The summed E-state index contributed by atoms with van der Waals surface area (Å²) >= 11 is 0. The van der Waals surface area contributed by atoms with Crippen LogP contribution in [0.15, 0.2) is 18.2 Å². The van der Waals surface area contributed by atoms with E-state index in [2.05, 4.69) is 0 Å². The highest BCUT2D eigenvalue weighted by molar-refractivity contribution is 5.84. The van der Waals surface area contributed by atoms with Crippen molar-refractivity contribution in [2.24, 2.45) is 11.8 Å². The van der Waals surface area contributed by atoms with E-state index in [1.165, 1.54) is 0 Å². The predicted molar refractivity (Wildman–Crippen MR) is 111 cm³/mol. The topological polar surface area (TPSA) is 81.7 Å². The largest absolute Gasteiger partial charge is 0.493 e. The number of rotatable bonds is 6. The number of hydrogen-bond acceptors (Lipinski definition) is 8. The highest BCUT2D eigenvalue weighted by Crippen LogP contribution is 2.55. The number of carbonyl (C=O) groups excluding carboxylic acids is 1. The first kappa shape index (κ1) is 21.0. The summed E-state index contributed by atoms with van der Waals surface area (Å²) in [7, 11) is 6.23. The summed E-state index contributed by atoms with van der Waals surface area (Å²) in [5.41, 5.74) is 2.22. The molecule has 0 saturated carbocycles. The van der Waals surface area contributed by atoms with Gasteiger partial charge < -0.3 is 33.2 Å². The first-order valence-corrected chi connectivity index (χ1v) is 9.96. The second-order valence-corrected chi connectivity index (χ2v) is 7.53. The Morgan fingerprint density at radius 1 is 0.871 bits per heavy atom. The van der Waals surface area contributed by atoms with Crippen LogP contribution in [-0.2, 0) is 9.53 Å². The second kappa shape index (κ2) is 8.09. The fourth-order valence-corrected chi connectivity index (χ4v) is 4.14. The number of ether oxygens (including phenoxy) is 7. The lowest BCUT2D eigenvalue weighted by Gasteiger charge is -2.23. The minimum absolute atomic E-state index is 0.0432. The molecule has 31 heavy (non-hydrogen) atoms. The minimum atomic E-state index is -0.472. The maximum Gasteiger partial charge on any atom is 0.309 e. The lowest BCUT2D eigenvalue weighted by molar-refractivity contribution is -0.144. The zero-order chi connectivity index (χ0) is 22.3. The first-order chi connectivity index (χ1) is 14.9. The number of methoxy groups -OCH3 is 4. The third kappa shape index (κ3) is 3.26. The van der Waals surface area contributed by atoms with E-state index in [-0.39, 0.29) is 24.6 Å². The molecule has 4 rings (SSSR count). The maximum atomic E-state index is 12.3. The summed E-state index contributed by atoms with van der Waals surface area (Å²) in [5, 5.41) is 0. The van der Waals surface area contributed by atoms with Crippen LogP contribution in [0.3, 0.4) is 0 Å². The minimum Gasteiger partial charge on any atom is -0.493 e. The SMILES string of the molecule is COc1cc(-c2c([C@H]3OC(=O)[C@H](C)[C@H]3C)cc3c(c2OC)OCO3)cc(OC)c1OC. The highest BCUT2D eigenvalue weighted by Gasteiger charge is 2.42. The zero-order valence-corrected chi connectivity index (χ0v) is 18.4. The van der Waals surface area contributed by atoms with Crippen molar-refractivity contribution in [2.45, 2.75) is 20.0 Å². The molecule has 0 aromatic heterocycles. The van der Waals surface area contributed by atoms with Gasteiger partial charge in [-0.25, -0.2) is 0 Å². The van der Waals surface area contributed by atoms with Crippen LogP contribution < -0.4 is 28.4 Å². The van der Waals surface area contributed by atoms with Crippen molar-refractivity contribution < 1.29 is 38.0 Å². The van der Waals surface area contributed by atoms with Gasteiger partial charge in [0.25, 0.3) is 0 Å². The molecule has 0 bridgehead atoms. The van der Waals surface area contributed by atoms with E-state index in [1.54, 1.807) is 28.4 Å². The van der Waals surface area contributed by atoms with Crippen LogP contribution in [0.25, 0.3) is 11.1 Å². The smallest absolute Gasteiger partial charge is 0.309 e. The Labute approximate surface area is 180 Å². The number of hydrogen-bond donors (Lipinski definition) is 0. The van der Waals surface area contributed by atoms with Gasteiger partial charge in [-0.05, 0) is 23.8 Å². The van der Waals surface area contributed by atoms with Crippen LogP contribution in [0.2, 0.25) is 0 Å². The van der Waals surface area contributed by atoms with E-state index in [0.29, 0.717) is 40.1 Å². The van der Waals surface area contributed by atoms with Crippen LogP contribution in [0, 0.1) is 11.8 Å². The molecule has 2 aliphatic rings. The number of benzene rings is 2. The monoisotopic (exact) mass is 430 g/mol. The van der Waals surface area contributed by atoms with Gasteiger partial charge in [-0.2, -0.15) is 0 Å². The molecule has 2 heterocycles. The van der Waals surface area contributed by atoms with Crippen molar-refractivity contribution >= 4 is 5.97 Å². The van der Waals surface area contributed by atoms with Gasteiger partial charge in [0.05, 0.1) is 34.4 Å². The highest BCUT2D eigenvalue weighted by atomic mass is 16.7. The number of esters is 1. The van der Waals surface area contributed by atoms with Crippen molar-refractivity contribution in [1.29, 1.82) is 0 Å². The molecular formula is C23H26O8. The molecule has 0 aliphatic carbocycles. The van der Waals surface area contributed by atoms with E-state index >= 15 is 0 Å². The number of cyclic esters (lactones) is 1. The molecule has 0 unspecified atom stereocenters. The maximum absolute atomic E-state index is 12.3. The van der Waals surface area contributed by atoms with Gasteiger partial charge in [-0.1, -0.05) is 13.8 Å². The molecule has 2 aromatic rings. The Morgan fingerprint density at radius 2 is 1.52 bits per heavy atom. The summed E-state index contributed by atoms with van der Waals surface area (Å²) in [5.74, 6) is 2.49. The Bertz CT molecular complexity index is 990. The molecule has 1 saturated heterocycles. The van der Waals surface area contributed by atoms with Crippen LogP contribution in [0.1, 0.15) is 25.5 Å². The van der Waals surface area contributed by atoms with Crippen LogP contribution >= 0.6 is 0 Å². The average Bonchev–Trinajstić information content (AvgIpc) is 3.36. The summed E-state index contributed by atoms with van der Waals surface area (Å²) < 4.78 is 39.4. The van der Waals surface area contributed by atoms with Crippen molar-refractivity contribution in [3.63, 3.8) is 0 Å². The number of carbonyl (C=O) groups is 1. The molecule has 0 spiro atoms. The molecule has 2 aromatic carbocycles. The van der Waals surface area contributed by atoms with Gasteiger partial charge in [0.15, 0.2) is 23.0 Å². The lowest BCUT2D eigenvalue weighted by Crippen LogP contribution is -2.11. The van der Waals surface area contributed by atoms with Crippen molar-refractivity contribution in [2.75, 3.05) is 35.2 Å². The molecule has 8 heteroatoms. The van der Waals surface area contributed by atoms with Crippen molar-refractivity contribution in [1.82, 2.24) is 0 Å². The summed E-state index contributed by atoms with van der Waals surface area (Å²) in [4.78, 5) is 12.3. The molecule has 3 atom stereocenters. The molecule has 1 fully saturated rings. The Morgan fingerprint density at radius 3 is 2.03 bits per heavy atom. The fourth-order valence-electron chi connectivity index (χ4n) is 4.14. The molecule has 2 aliphatic heterocycles. The van der Waals surface area contributed by atoms with E-state index < -0.39 is 6.10 Å². The van der Waals surface area contributed by atoms with Gasteiger partial charge in [0.2, 0.25) is 18.3 Å². The van der Waals surface area contributed by atoms with E-state index in [9.17, 15) is 4.79 Å². The van der Waals surface area contributed by atoms with E-state index in [0.717, 1.165) is 11.1 Å². The summed E-state index contributed by atoms with van der Waals surface area (Å²) in [6.45, 7) is 3.95. The zero-order valence-electron chi connectivity index (χ0n) is 18.4. The number of fused-ring (bicyclic) bond motifs is 1. The third-order valence-electron chi connectivity index (χ3n) is 6.00. The molecule has 0 amide bonds. The van der Waals surface area contributed by atoms with Crippen LogP contribution in [0.4, 0.5) is 0 Å². The van der Waals surface area contributed by atoms with Crippen molar-refractivity contribution in [3.8, 4) is 45.6 Å². The molecule has 0 radical (unpaired) electrons. The average molecular weight is 430 g/mol.